The van der Waals surface area contributed by atoms with Gasteiger partial charge in [-0.1, -0.05) is 13.8 Å². The van der Waals surface area contributed by atoms with Crippen LogP contribution < -0.4 is 5.32 Å². The highest BCUT2D eigenvalue weighted by atomic mass is 32.1. The lowest BCUT2D eigenvalue weighted by Gasteiger charge is -2.03. The number of nitrogens with zero attached hydrogens (tertiary/aromatic N) is 1. The third kappa shape index (κ3) is 2.99. The standard InChI is InChI=1S/C9H14N2OS2/c1-5(2)7-4-14-9(10-7)11-8(12)6(3)13/h4-6,13H,1-3H3,(H,10,11,12). The quantitative estimate of drug-likeness (QED) is 0.784. The number of carbonyl (C=O) groups excluding carboxylic acids is 1. The Morgan fingerprint density at radius 1 is 1.57 bits per heavy atom. The molecule has 0 saturated heterocycles. The molecule has 1 aromatic rings. The van der Waals surface area contributed by atoms with Crippen molar-refractivity contribution in [3.8, 4) is 0 Å². The van der Waals surface area contributed by atoms with Gasteiger partial charge in [0.25, 0.3) is 0 Å². The maximum Gasteiger partial charge on any atom is 0.238 e. The van der Waals surface area contributed by atoms with Crippen LogP contribution >= 0.6 is 24.0 Å². The van der Waals surface area contributed by atoms with Gasteiger partial charge in [-0.2, -0.15) is 12.6 Å². The summed E-state index contributed by atoms with van der Waals surface area (Å²) in [6, 6.07) is 0. The molecule has 0 aliphatic rings. The Labute approximate surface area is 93.3 Å². The van der Waals surface area contributed by atoms with Gasteiger partial charge in [-0.15, -0.1) is 11.3 Å². The molecule has 5 heteroatoms. The van der Waals surface area contributed by atoms with E-state index < -0.39 is 0 Å². The van der Waals surface area contributed by atoms with E-state index in [0.29, 0.717) is 11.0 Å². The predicted molar refractivity (Wildman–Crippen MR) is 63.3 cm³/mol. The number of carbonyl (C=O) groups is 1. The number of thiazole rings is 1. The van der Waals surface area contributed by atoms with Gasteiger partial charge >= 0.3 is 0 Å². The van der Waals surface area contributed by atoms with E-state index in [-0.39, 0.29) is 11.2 Å². The Hall–Kier alpha value is -0.550. The normalized spacial score (nSPS) is 12.9. The van der Waals surface area contributed by atoms with Crippen LogP contribution in [0.1, 0.15) is 32.4 Å². The van der Waals surface area contributed by atoms with Crippen molar-refractivity contribution in [3.63, 3.8) is 0 Å². The molecule has 0 radical (unpaired) electrons. The van der Waals surface area contributed by atoms with E-state index in [1.54, 1.807) is 6.92 Å². The van der Waals surface area contributed by atoms with Gasteiger partial charge in [0.1, 0.15) is 0 Å². The highest BCUT2D eigenvalue weighted by Gasteiger charge is 2.11. The number of anilines is 1. The molecular formula is C9H14N2OS2. The molecule has 0 aromatic carbocycles. The lowest BCUT2D eigenvalue weighted by Crippen LogP contribution is -2.20. The average molecular weight is 230 g/mol. The first-order valence-electron chi connectivity index (χ1n) is 4.45. The van der Waals surface area contributed by atoms with Crippen LogP contribution in [-0.2, 0) is 4.79 Å². The molecule has 14 heavy (non-hydrogen) atoms. The molecule has 1 aromatic heterocycles. The topological polar surface area (TPSA) is 42.0 Å². The zero-order chi connectivity index (χ0) is 10.7. The number of hydrogen-bond acceptors (Lipinski definition) is 4. The molecule has 1 rings (SSSR count). The number of nitrogens with one attached hydrogen (secondary N) is 1. The molecule has 0 aliphatic heterocycles. The molecular weight excluding hydrogens is 216 g/mol. The largest absolute Gasteiger partial charge is 0.301 e. The molecule has 0 bridgehead atoms. The van der Waals surface area contributed by atoms with Crippen LogP contribution in [0.25, 0.3) is 0 Å². The zero-order valence-corrected chi connectivity index (χ0v) is 10.2. The third-order valence-electron chi connectivity index (χ3n) is 1.72. The lowest BCUT2D eigenvalue weighted by molar-refractivity contribution is -0.115. The summed E-state index contributed by atoms with van der Waals surface area (Å²) in [5.41, 5.74) is 1.01. The van der Waals surface area contributed by atoms with Gasteiger partial charge in [-0.05, 0) is 12.8 Å². The maximum absolute atomic E-state index is 11.3. The van der Waals surface area contributed by atoms with Gasteiger partial charge in [0.2, 0.25) is 5.91 Å². The monoisotopic (exact) mass is 230 g/mol. The van der Waals surface area contributed by atoms with Crippen molar-refractivity contribution >= 4 is 35.0 Å². The fourth-order valence-electron chi connectivity index (χ4n) is 0.819. The van der Waals surface area contributed by atoms with Crippen LogP contribution in [0, 0.1) is 0 Å². The minimum atomic E-state index is -0.304. The minimum absolute atomic E-state index is 0.113. The summed E-state index contributed by atoms with van der Waals surface area (Å²) in [7, 11) is 0. The lowest BCUT2D eigenvalue weighted by atomic mass is 10.2. The number of rotatable bonds is 3. The van der Waals surface area contributed by atoms with Crippen molar-refractivity contribution in [1.29, 1.82) is 0 Å². The smallest absolute Gasteiger partial charge is 0.238 e. The second-order valence-corrected chi connectivity index (χ2v) is 5.03. The van der Waals surface area contributed by atoms with Crippen LogP contribution in [0.15, 0.2) is 5.38 Å². The van der Waals surface area contributed by atoms with Gasteiger partial charge in [-0.25, -0.2) is 4.98 Å². The number of thiol groups is 1. The molecule has 0 saturated carbocycles. The first-order chi connectivity index (χ1) is 6.50. The minimum Gasteiger partial charge on any atom is -0.301 e. The van der Waals surface area contributed by atoms with Crippen LogP contribution in [0.5, 0.6) is 0 Å². The number of amides is 1. The molecule has 3 nitrogen and oxygen atoms in total. The van der Waals surface area contributed by atoms with Gasteiger partial charge in [0.15, 0.2) is 5.13 Å². The maximum atomic E-state index is 11.3. The van der Waals surface area contributed by atoms with Gasteiger partial charge in [-0.3, -0.25) is 4.79 Å². The Kier molecular flexibility index (Phi) is 3.95. The SMILES string of the molecule is CC(S)C(=O)Nc1nc(C(C)C)cs1. The van der Waals surface area contributed by atoms with Gasteiger partial charge in [0.05, 0.1) is 10.9 Å². The van der Waals surface area contributed by atoms with Crippen LogP contribution in [-0.4, -0.2) is 16.1 Å². The van der Waals surface area contributed by atoms with Crippen LogP contribution in [0.3, 0.4) is 0 Å². The summed E-state index contributed by atoms with van der Waals surface area (Å²) >= 11 is 5.48. The molecule has 0 spiro atoms. The summed E-state index contributed by atoms with van der Waals surface area (Å²) in [4.78, 5) is 15.6. The Balaban J connectivity index is 2.64. The zero-order valence-electron chi connectivity index (χ0n) is 8.44. The van der Waals surface area contributed by atoms with Crippen molar-refractivity contribution in [2.45, 2.75) is 31.9 Å². The van der Waals surface area contributed by atoms with Crippen LogP contribution in [0.4, 0.5) is 5.13 Å². The van der Waals surface area contributed by atoms with Crippen molar-refractivity contribution < 1.29 is 4.79 Å². The van der Waals surface area contributed by atoms with Crippen LogP contribution in [0.2, 0.25) is 0 Å². The van der Waals surface area contributed by atoms with E-state index in [1.165, 1.54) is 11.3 Å². The van der Waals surface area contributed by atoms with Crippen molar-refractivity contribution in [1.82, 2.24) is 4.98 Å². The Morgan fingerprint density at radius 3 is 2.64 bits per heavy atom. The Morgan fingerprint density at radius 2 is 2.21 bits per heavy atom. The molecule has 1 atom stereocenters. The summed E-state index contributed by atoms with van der Waals surface area (Å²) in [5, 5.41) is 5.02. The fraction of sp³-hybridized carbons (Fsp3) is 0.556. The highest BCUT2D eigenvalue weighted by Crippen LogP contribution is 2.21. The van der Waals surface area contributed by atoms with E-state index in [0.717, 1.165) is 5.69 Å². The third-order valence-corrected chi connectivity index (χ3v) is 2.73. The summed E-state index contributed by atoms with van der Waals surface area (Å²) in [6.45, 7) is 5.87. The van der Waals surface area contributed by atoms with E-state index in [9.17, 15) is 4.79 Å². The molecule has 0 fully saturated rings. The van der Waals surface area contributed by atoms with E-state index in [1.807, 2.05) is 5.38 Å². The molecule has 1 heterocycles. The molecule has 1 N–H and O–H groups in total. The van der Waals surface area contributed by atoms with E-state index >= 15 is 0 Å². The Bertz CT molecular complexity index is 320. The summed E-state index contributed by atoms with van der Waals surface area (Å²) in [6.07, 6.45) is 0. The first-order valence-corrected chi connectivity index (χ1v) is 5.84. The van der Waals surface area contributed by atoms with Crippen molar-refractivity contribution in [2.24, 2.45) is 0 Å². The molecule has 1 unspecified atom stereocenters. The number of hydrogen-bond donors (Lipinski definition) is 2. The summed E-state index contributed by atoms with van der Waals surface area (Å²) < 4.78 is 0. The van der Waals surface area contributed by atoms with Gasteiger partial charge < -0.3 is 5.32 Å². The fourth-order valence-corrected chi connectivity index (χ4v) is 1.76. The highest BCUT2D eigenvalue weighted by molar-refractivity contribution is 7.81. The van der Waals surface area contributed by atoms with Crippen molar-refractivity contribution in [3.05, 3.63) is 11.1 Å². The molecule has 1 amide bonds. The molecule has 0 aliphatic carbocycles. The first kappa shape index (κ1) is 11.5. The second-order valence-electron chi connectivity index (χ2n) is 3.40. The number of aromatic nitrogens is 1. The molecule has 78 valence electrons. The van der Waals surface area contributed by atoms with E-state index in [2.05, 4.69) is 36.8 Å². The second kappa shape index (κ2) is 4.79. The van der Waals surface area contributed by atoms with E-state index in [4.69, 9.17) is 0 Å². The summed E-state index contributed by atoms with van der Waals surface area (Å²) in [5.74, 6) is 0.281. The van der Waals surface area contributed by atoms with Crippen molar-refractivity contribution in [2.75, 3.05) is 5.32 Å². The van der Waals surface area contributed by atoms with Gasteiger partial charge in [0, 0.05) is 5.38 Å². The predicted octanol–water partition coefficient (Wildman–Crippen LogP) is 2.52. The average Bonchev–Trinajstić information content (AvgIpc) is 2.52.